The molecule has 0 aliphatic carbocycles. The summed E-state index contributed by atoms with van der Waals surface area (Å²) in [7, 11) is 1.89. The Morgan fingerprint density at radius 3 is 2.67 bits per heavy atom. The number of hydrogen-bond donors (Lipinski definition) is 1. The first kappa shape index (κ1) is 16.3. The molecular formula is C17H16N4O2S. The van der Waals surface area contributed by atoms with Gasteiger partial charge in [-0.2, -0.15) is 5.26 Å². The van der Waals surface area contributed by atoms with Crippen LogP contribution in [0.2, 0.25) is 0 Å². The lowest BCUT2D eigenvalue weighted by atomic mass is 10.1. The summed E-state index contributed by atoms with van der Waals surface area (Å²) in [5.74, 6) is 1.97. The second-order valence-corrected chi connectivity index (χ2v) is 6.30. The van der Waals surface area contributed by atoms with E-state index >= 15 is 0 Å². The summed E-state index contributed by atoms with van der Waals surface area (Å²) in [6.45, 7) is 1.88. The summed E-state index contributed by atoms with van der Waals surface area (Å²) in [5, 5.41) is 28.2. The predicted molar refractivity (Wildman–Crippen MR) is 90.3 cm³/mol. The van der Waals surface area contributed by atoms with Crippen LogP contribution in [0.1, 0.15) is 23.0 Å². The smallest absolute Gasteiger partial charge is 0.191 e. The van der Waals surface area contributed by atoms with E-state index in [0.717, 1.165) is 27.9 Å². The number of nitrogens with zero attached hydrogens (tertiary/aromatic N) is 4. The van der Waals surface area contributed by atoms with E-state index < -0.39 is 6.10 Å². The van der Waals surface area contributed by atoms with E-state index in [-0.39, 0.29) is 0 Å². The number of thioether (sulfide) groups is 1. The van der Waals surface area contributed by atoms with Crippen LogP contribution in [-0.2, 0) is 7.05 Å². The third-order valence-corrected chi connectivity index (χ3v) is 4.83. The van der Waals surface area contributed by atoms with Crippen LogP contribution in [0, 0.1) is 18.3 Å². The zero-order valence-electron chi connectivity index (χ0n) is 13.3. The monoisotopic (exact) mass is 340 g/mol. The third kappa shape index (κ3) is 3.20. The van der Waals surface area contributed by atoms with Gasteiger partial charge in [0.05, 0.1) is 29.6 Å². The van der Waals surface area contributed by atoms with E-state index in [2.05, 4.69) is 16.3 Å². The Morgan fingerprint density at radius 2 is 2.04 bits per heavy atom. The molecular weight excluding hydrogens is 324 g/mol. The van der Waals surface area contributed by atoms with Crippen molar-refractivity contribution in [1.82, 2.24) is 14.8 Å². The first-order chi connectivity index (χ1) is 11.6. The summed E-state index contributed by atoms with van der Waals surface area (Å²) in [6, 6.07) is 10.9. The lowest BCUT2D eigenvalue weighted by Crippen LogP contribution is -2.02. The van der Waals surface area contributed by atoms with Gasteiger partial charge in [-0.15, -0.1) is 10.2 Å². The molecule has 3 rings (SSSR count). The number of aromatic nitrogens is 3. The number of aliphatic hydroxyl groups is 1. The molecule has 1 aromatic carbocycles. The number of aliphatic hydroxyl groups excluding tert-OH is 1. The van der Waals surface area contributed by atoms with Crippen molar-refractivity contribution in [2.75, 3.05) is 5.75 Å². The molecule has 0 amide bonds. The molecule has 7 heteroatoms. The molecule has 0 spiro atoms. The van der Waals surface area contributed by atoms with Gasteiger partial charge in [-0.25, -0.2) is 0 Å². The minimum atomic E-state index is -0.640. The van der Waals surface area contributed by atoms with Crippen LogP contribution in [0.25, 0.3) is 11.4 Å². The summed E-state index contributed by atoms with van der Waals surface area (Å²) < 4.78 is 7.19. The first-order valence-corrected chi connectivity index (χ1v) is 8.33. The number of hydrogen-bond acceptors (Lipinski definition) is 6. The highest BCUT2D eigenvalue weighted by molar-refractivity contribution is 7.99. The second kappa shape index (κ2) is 6.91. The van der Waals surface area contributed by atoms with Gasteiger partial charge in [0.15, 0.2) is 11.0 Å². The molecule has 0 saturated carbocycles. The number of aryl methyl sites for hydroxylation is 1. The summed E-state index contributed by atoms with van der Waals surface area (Å²) in [6.07, 6.45) is 0.986. The zero-order valence-corrected chi connectivity index (χ0v) is 14.1. The highest BCUT2D eigenvalue weighted by Gasteiger charge is 2.16. The molecule has 6 nitrogen and oxygen atoms in total. The largest absolute Gasteiger partial charge is 0.469 e. The number of nitriles is 1. The van der Waals surface area contributed by atoms with Gasteiger partial charge in [0.25, 0.3) is 0 Å². The van der Waals surface area contributed by atoms with Gasteiger partial charge >= 0.3 is 0 Å². The molecule has 2 aromatic heterocycles. The molecule has 0 bridgehead atoms. The Balaban J connectivity index is 1.70. The van der Waals surface area contributed by atoms with Crippen LogP contribution in [0.4, 0.5) is 0 Å². The summed E-state index contributed by atoms with van der Waals surface area (Å²) in [4.78, 5) is 0. The molecule has 24 heavy (non-hydrogen) atoms. The van der Waals surface area contributed by atoms with E-state index in [0.29, 0.717) is 11.3 Å². The van der Waals surface area contributed by atoms with Crippen LogP contribution in [-0.4, -0.2) is 25.6 Å². The highest BCUT2D eigenvalue weighted by atomic mass is 32.2. The number of furan rings is 1. The Hall–Kier alpha value is -2.56. The Bertz CT molecular complexity index is 877. The lowest BCUT2D eigenvalue weighted by Gasteiger charge is -2.10. The maximum atomic E-state index is 10.3. The second-order valence-electron chi connectivity index (χ2n) is 5.32. The average molecular weight is 340 g/mol. The van der Waals surface area contributed by atoms with Crippen molar-refractivity contribution in [2.24, 2.45) is 7.05 Å². The van der Waals surface area contributed by atoms with Gasteiger partial charge in [0.2, 0.25) is 0 Å². The van der Waals surface area contributed by atoms with Crippen molar-refractivity contribution < 1.29 is 9.52 Å². The molecule has 1 atom stereocenters. The van der Waals surface area contributed by atoms with Crippen LogP contribution in [0.15, 0.2) is 46.2 Å². The molecule has 1 N–H and O–H groups in total. The SMILES string of the molecule is Cc1occc1-c1nnc(SCC(O)c2ccc(C#N)cc2)n1C. The Kier molecular flexibility index (Phi) is 4.69. The Labute approximate surface area is 143 Å². The minimum Gasteiger partial charge on any atom is -0.469 e. The van der Waals surface area contributed by atoms with Crippen molar-refractivity contribution in [1.29, 1.82) is 5.26 Å². The Morgan fingerprint density at radius 1 is 1.29 bits per heavy atom. The maximum absolute atomic E-state index is 10.3. The quantitative estimate of drug-likeness (QED) is 0.718. The minimum absolute atomic E-state index is 0.447. The molecule has 3 aromatic rings. The van der Waals surface area contributed by atoms with Crippen LogP contribution < -0.4 is 0 Å². The van der Waals surface area contributed by atoms with E-state index in [1.54, 1.807) is 30.5 Å². The normalized spacial score (nSPS) is 12.1. The topological polar surface area (TPSA) is 87.9 Å². The molecule has 0 aliphatic heterocycles. The van der Waals surface area contributed by atoms with E-state index in [9.17, 15) is 5.11 Å². The van der Waals surface area contributed by atoms with Gasteiger partial charge < -0.3 is 14.1 Å². The van der Waals surface area contributed by atoms with E-state index in [4.69, 9.17) is 9.68 Å². The number of rotatable bonds is 5. The van der Waals surface area contributed by atoms with Crippen molar-refractivity contribution in [3.05, 3.63) is 53.5 Å². The fourth-order valence-corrected chi connectivity index (χ4v) is 3.20. The number of benzene rings is 1. The third-order valence-electron chi connectivity index (χ3n) is 3.73. The van der Waals surface area contributed by atoms with Crippen molar-refractivity contribution in [3.8, 4) is 17.5 Å². The average Bonchev–Trinajstić information content (AvgIpc) is 3.18. The standard InChI is InChI=1S/C17H16N4O2S/c1-11-14(7-8-23-11)16-19-20-17(21(16)2)24-10-15(22)13-5-3-12(9-18)4-6-13/h3-8,15,22H,10H2,1-2H3. The van der Waals surface area contributed by atoms with Crippen molar-refractivity contribution >= 4 is 11.8 Å². The van der Waals surface area contributed by atoms with Gasteiger partial charge in [0, 0.05) is 12.8 Å². The zero-order chi connectivity index (χ0) is 17.1. The van der Waals surface area contributed by atoms with Gasteiger partial charge in [-0.05, 0) is 30.7 Å². The highest BCUT2D eigenvalue weighted by Crippen LogP contribution is 2.28. The lowest BCUT2D eigenvalue weighted by molar-refractivity contribution is 0.204. The maximum Gasteiger partial charge on any atom is 0.191 e. The predicted octanol–water partition coefficient (Wildman–Crippen LogP) is 3.08. The molecule has 122 valence electrons. The fourth-order valence-electron chi connectivity index (χ4n) is 2.32. The van der Waals surface area contributed by atoms with Crippen molar-refractivity contribution in [3.63, 3.8) is 0 Å². The van der Waals surface area contributed by atoms with Gasteiger partial charge in [-0.1, -0.05) is 23.9 Å². The fraction of sp³-hybridized carbons (Fsp3) is 0.235. The summed E-state index contributed by atoms with van der Waals surface area (Å²) in [5.41, 5.74) is 2.26. The summed E-state index contributed by atoms with van der Waals surface area (Å²) >= 11 is 1.43. The molecule has 0 saturated heterocycles. The van der Waals surface area contributed by atoms with Crippen LogP contribution >= 0.6 is 11.8 Å². The van der Waals surface area contributed by atoms with Crippen molar-refractivity contribution in [2.45, 2.75) is 18.2 Å². The first-order valence-electron chi connectivity index (χ1n) is 7.35. The van der Waals surface area contributed by atoms with Gasteiger partial charge in [0.1, 0.15) is 5.76 Å². The van der Waals surface area contributed by atoms with Gasteiger partial charge in [-0.3, -0.25) is 0 Å². The van der Waals surface area contributed by atoms with E-state index in [1.165, 1.54) is 11.8 Å². The van der Waals surface area contributed by atoms with E-state index in [1.807, 2.05) is 24.6 Å². The van der Waals surface area contributed by atoms with Crippen LogP contribution in [0.5, 0.6) is 0 Å². The molecule has 2 heterocycles. The molecule has 0 fully saturated rings. The molecule has 1 unspecified atom stereocenters. The van der Waals surface area contributed by atoms with Crippen LogP contribution in [0.3, 0.4) is 0 Å². The molecule has 0 aliphatic rings. The molecule has 0 radical (unpaired) electrons.